The van der Waals surface area contributed by atoms with Crippen LogP contribution in [0.4, 0.5) is 13.2 Å². The molecule has 0 unspecified atom stereocenters. The molecule has 0 fully saturated rings. The summed E-state index contributed by atoms with van der Waals surface area (Å²) in [7, 11) is 0. The zero-order chi connectivity index (χ0) is 17.0. The lowest BCUT2D eigenvalue weighted by Gasteiger charge is -2.15. The molecule has 1 heterocycles. The quantitative estimate of drug-likeness (QED) is 0.546. The summed E-state index contributed by atoms with van der Waals surface area (Å²) in [5.41, 5.74) is 3.56. The second-order valence-electron chi connectivity index (χ2n) is 4.37. The summed E-state index contributed by atoms with van der Waals surface area (Å²) >= 11 is 0. The summed E-state index contributed by atoms with van der Waals surface area (Å²) in [6.45, 7) is 0. The van der Waals surface area contributed by atoms with E-state index < -0.39 is 29.4 Å². The molecule has 4 N–H and O–H groups in total. The second-order valence-corrected chi connectivity index (χ2v) is 4.37. The molecule has 0 aliphatic carbocycles. The number of carbonyl (C=O) groups excluding carboxylic acids is 1. The van der Waals surface area contributed by atoms with E-state index in [4.69, 9.17) is 15.9 Å². The lowest BCUT2D eigenvalue weighted by molar-refractivity contribution is -0.138. The molecule has 0 saturated heterocycles. The van der Waals surface area contributed by atoms with Crippen LogP contribution >= 0.6 is 24.8 Å². The molecule has 11 heteroatoms. The molecule has 136 valence electrons. The second kappa shape index (κ2) is 9.09. The van der Waals surface area contributed by atoms with Gasteiger partial charge in [0.05, 0.1) is 11.8 Å². The highest BCUT2D eigenvalue weighted by atomic mass is 35.5. The smallest absolute Gasteiger partial charge is 0.420 e. The predicted molar refractivity (Wildman–Crippen MR) is 89.6 cm³/mol. The molecular weight excluding hydrogens is 384 g/mol. The third-order valence-electron chi connectivity index (χ3n) is 2.66. The fraction of sp³-hybridized carbons (Fsp3) is 0.0714. The van der Waals surface area contributed by atoms with E-state index in [1.165, 1.54) is 24.5 Å². The Morgan fingerprint density at radius 2 is 1.92 bits per heavy atom. The fourth-order valence-electron chi connectivity index (χ4n) is 1.71. The lowest BCUT2D eigenvalue weighted by atomic mass is 10.1. The van der Waals surface area contributed by atoms with Gasteiger partial charge in [-0.15, -0.1) is 24.8 Å². The van der Waals surface area contributed by atoms with Crippen LogP contribution in [-0.4, -0.2) is 16.9 Å². The van der Waals surface area contributed by atoms with Gasteiger partial charge in [0.1, 0.15) is 11.5 Å². The molecule has 0 aliphatic rings. The summed E-state index contributed by atoms with van der Waals surface area (Å²) in [6.07, 6.45) is -2.02. The Hall–Kier alpha value is -2.52. The SMILES string of the molecule is Cl.Cl.N=C(N)NC(=O)c1ccc(Oc2cccnc2)c(C(F)(F)F)c1. The molecular formula is C14H13Cl2F3N4O2. The summed E-state index contributed by atoms with van der Waals surface area (Å²) in [6, 6.07) is 5.74. The molecule has 1 aromatic heterocycles. The topological polar surface area (TPSA) is 101 Å². The number of ether oxygens (including phenoxy) is 1. The minimum absolute atomic E-state index is 0. The zero-order valence-electron chi connectivity index (χ0n) is 12.3. The number of halogens is 5. The van der Waals surface area contributed by atoms with Gasteiger partial charge in [0.25, 0.3) is 5.91 Å². The number of aromatic nitrogens is 1. The Balaban J connectivity index is 0.00000288. The van der Waals surface area contributed by atoms with Crippen molar-refractivity contribution in [2.75, 3.05) is 0 Å². The number of hydrogen-bond acceptors (Lipinski definition) is 4. The van der Waals surface area contributed by atoms with Crippen LogP contribution in [0, 0.1) is 5.41 Å². The Morgan fingerprint density at radius 3 is 2.44 bits per heavy atom. The van der Waals surface area contributed by atoms with Crippen molar-refractivity contribution in [3.05, 3.63) is 53.9 Å². The molecule has 0 spiro atoms. The molecule has 0 saturated carbocycles. The average Bonchev–Trinajstić information content (AvgIpc) is 2.46. The number of pyridine rings is 1. The normalized spacial score (nSPS) is 10.0. The van der Waals surface area contributed by atoms with Gasteiger partial charge in [0.2, 0.25) is 0 Å². The zero-order valence-corrected chi connectivity index (χ0v) is 14.0. The minimum atomic E-state index is -4.73. The summed E-state index contributed by atoms with van der Waals surface area (Å²) < 4.78 is 44.7. The van der Waals surface area contributed by atoms with Crippen LogP contribution in [-0.2, 0) is 6.18 Å². The molecule has 2 rings (SSSR count). The number of benzene rings is 1. The van der Waals surface area contributed by atoms with Gasteiger partial charge in [-0.1, -0.05) is 0 Å². The highest BCUT2D eigenvalue weighted by Gasteiger charge is 2.35. The minimum Gasteiger partial charge on any atom is -0.455 e. The molecule has 0 radical (unpaired) electrons. The summed E-state index contributed by atoms with van der Waals surface area (Å²) in [5, 5.41) is 8.84. The van der Waals surface area contributed by atoms with Gasteiger partial charge >= 0.3 is 6.18 Å². The van der Waals surface area contributed by atoms with E-state index >= 15 is 0 Å². The van der Waals surface area contributed by atoms with Gasteiger partial charge in [-0.05, 0) is 30.3 Å². The monoisotopic (exact) mass is 396 g/mol. The first-order chi connectivity index (χ1) is 10.8. The van der Waals surface area contributed by atoms with Crippen molar-refractivity contribution in [3.8, 4) is 11.5 Å². The summed E-state index contributed by atoms with van der Waals surface area (Å²) in [4.78, 5) is 15.4. The van der Waals surface area contributed by atoms with Crippen molar-refractivity contribution in [1.82, 2.24) is 10.3 Å². The first kappa shape index (κ1) is 22.5. The van der Waals surface area contributed by atoms with Crippen LogP contribution in [0.15, 0.2) is 42.7 Å². The molecule has 25 heavy (non-hydrogen) atoms. The molecule has 2 aromatic rings. The van der Waals surface area contributed by atoms with Crippen LogP contribution in [0.2, 0.25) is 0 Å². The molecule has 6 nitrogen and oxygen atoms in total. The Kier molecular flexibility index (Phi) is 8.17. The van der Waals surface area contributed by atoms with E-state index in [2.05, 4.69) is 4.98 Å². The number of carbonyl (C=O) groups is 1. The Labute approximate surface area is 152 Å². The van der Waals surface area contributed by atoms with Crippen molar-refractivity contribution in [1.29, 1.82) is 5.41 Å². The van der Waals surface area contributed by atoms with Crippen molar-refractivity contribution >= 4 is 36.7 Å². The van der Waals surface area contributed by atoms with Crippen LogP contribution in [0.1, 0.15) is 15.9 Å². The largest absolute Gasteiger partial charge is 0.455 e. The highest BCUT2D eigenvalue weighted by Crippen LogP contribution is 2.38. The number of rotatable bonds is 3. The maximum Gasteiger partial charge on any atom is 0.420 e. The van der Waals surface area contributed by atoms with Crippen LogP contribution < -0.4 is 15.8 Å². The van der Waals surface area contributed by atoms with E-state index in [1.807, 2.05) is 5.32 Å². The third-order valence-corrected chi connectivity index (χ3v) is 2.66. The highest BCUT2D eigenvalue weighted by molar-refractivity contribution is 6.04. The first-order valence-electron chi connectivity index (χ1n) is 6.22. The van der Waals surface area contributed by atoms with Gasteiger partial charge in [-0.2, -0.15) is 13.2 Å². The van der Waals surface area contributed by atoms with E-state index in [9.17, 15) is 18.0 Å². The summed E-state index contributed by atoms with van der Waals surface area (Å²) in [5.74, 6) is -1.93. The molecule has 0 aliphatic heterocycles. The number of nitrogens with one attached hydrogen (secondary N) is 2. The Bertz CT molecular complexity index is 743. The molecule has 0 atom stereocenters. The lowest BCUT2D eigenvalue weighted by Crippen LogP contribution is -2.35. The van der Waals surface area contributed by atoms with Crippen molar-refractivity contribution in [2.45, 2.75) is 6.18 Å². The third kappa shape index (κ3) is 6.12. The maximum atomic E-state index is 13.2. The fourth-order valence-corrected chi connectivity index (χ4v) is 1.71. The maximum absolute atomic E-state index is 13.2. The van der Waals surface area contributed by atoms with Crippen molar-refractivity contribution in [2.24, 2.45) is 5.73 Å². The number of hydrogen-bond donors (Lipinski definition) is 3. The van der Waals surface area contributed by atoms with E-state index in [0.717, 1.165) is 12.1 Å². The van der Waals surface area contributed by atoms with E-state index in [-0.39, 0.29) is 36.1 Å². The van der Waals surface area contributed by atoms with Crippen molar-refractivity contribution in [3.63, 3.8) is 0 Å². The van der Waals surface area contributed by atoms with Crippen LogP contribution in [0.3, 0.4) is 0 Å². The number of amides is 1. The van der Waals surface area contributed by atoms with Gasteiger partial charge in [0.15, 0.2) is 5.96 Å². The predicted octanol–water partition coefficient (Wildman–Crippen LogP) is 3.36. The van der Waals surface area contributed by atoms with Crippen LogP contribution in [0.5, 0.6) is 11.5 Å². The van der Waals surface area contributed by atoms with Gasteiger partial charge < -0.3 is 10.5 Å². The Morgan fingerprint density at radius 1 is 1.24 bits per heavy atom. The van der Waals surface area contributed by atoms with E-state index in [1.54, 1.807) is 0 Å². The molecule has 1 amide bonds. The number of nitrogens with two attached hydrogens (primary N) is 1. The number of nitrogens with zero attached hydrogens (tertiary/aromatic N) is 1. The van der Waals surface area contributed by atoms with Gasteiger partial charge in [0, 0.05) is 11.8 Å². The van der Waals surface area contributed by atoms with Crippen LogP contribution in [0.25, 0.3) is 0 Å². The molecule has 1 aromatic carbocycles. The molecule has 0 bridgehead atoms. The average molecular weight is 397 g/mol. The van der Waals surface area contributed by atoms with Gasteiger partial charge in [-0.3, -0.25) is 20.5 Å². The van der Waals surface area contributed by atoms with E-state index in [0.29, 0.717) is 6.07 Å². The number of alkyl halides is 3. The number of guanidine groups is 1. The first-order valence-corrected chi connectivity index (χ1v) is 6.22. The standard InChI is InChI=1S/C14H11F3N4O2.2ClH/c15-14(16,17)10-6-8(12(22)21-13(18)19)3-4-11(10)23-9-2-1-5-20-7-9;;/h1-7H,(H4,18,19,21,22);2*1H. The van der Waals surface area contributed by atoms with Crippen molar-refractivity contribution < 1.29 is 22.7 Å². The van der Waals surface area contributed by atoms with Gasteiger partial charge in [-0.25, -0.2) is 0 Å².